The summed E-state index contributed by atoms with van der Waals surface area (Å²) in [6.45, 7) is 1.78. The van der Waals surface area contributed by atoms with Gasteiger partial charge in [0.25, 0.3) is 0 Å². The molecule has 1 aliphatic heterocycles. The Kier molecular flexibility index (Phi) is 3.94. The van der Waals surface area contributed by atoms with Gasteiger partial charge in [0.05, 0.1) is 12.6 Å². The number of rotatable bonds is 5. The summed E-state index contributed by atoms with van der Waals surface area (Å²) in [6.07, 6.45) is 5.07. The minimum atomic E-state index is 0.425. The van der Waals surface area contributed by atoms with Gasteiger partial charge in [0.15, 0.2) is 5.82 Å². The number of benzene rings is 1. The molecule has 1 atom stereocenters. The van der Waals surface area contributed by atoms with Crippen LogP contribution in [0.25, 0.3) is 0 Å². The third-order valence-electron chi connectivity index (χ3n) is 4.40. The number of nitrogens with one attached hydrogen (secondary N) is 1. The van der Waals surface area contributed by atoms with Crippen LogP contribution >= 0.6 is 0 Å². The molecule has 5 nitrogen and oxygen atoms in total. The van der Waals surface area contributed by atoms with Gasteiger partial charge in [-0.15, -0.1) is 0 Å². The highest BCUT2D eigenvalue weighted by Crippen LogP contribution is 2.31. The SMILES string of the molecule is c1ccc(Cc2noc(CN3CCC[C@@H]3c3ccc[nH]3)n2)cc1. The van der Waals surface area contributed by atoms with E-state index < -0.39 is 0 Å². The molecule has 0 unspecified atom stereocenters. The minimum absolute atomic E-state index is 0.425. The third-order valence-corrected chi connectivity index (χ3v) is 4.40. The summed E-state index contributed by atoms with van der Waals surface area (Å²) >= 11 is 0. The van der Waals surface area contributed by atoms with E-state index in [9.17, 15) is 0 Å². The van der Waals surface area contributed by atoms with Crippen LogP contribution in [0.3, 0.4) is 0 Å². The predicted molar refractivity (Wildman–Crippen MR) is 86.7 cm³/mol. The van der Waals surface area contributed by atoms with Gasteiger partial charge < -0.3 is 9.51 Å². The van der Waals surface area contributed by atoms with Crippen LogP contribution in [0.4, 0.5) is 0 Å². The first-order valence-electron chi connectivity index (χ1n) is 8.11. The first-order chi connectivity index (χ1) is 11.4. The van der Waals surface area contributed by atoms with Crippen molar-refractivity contribution >= 4 is 0 Å². The average molecular weight is 308 g/mol. The molecule has 0 bridgehead atoms. The van der Waals surface area contributed by atoms with Crippen molar-refractivity contribution in [1.29, 1.82) is 0 Å². The standard InChI is InChI=1S/C18H20N4O/c1-2-6-14(7-3-1)12-17-20-18(23-21-17)13-22-11-5-9-16(22)15-8-4-10-19-15/h1-4,6-8,10,16,19H,5,9,11-13H2/t16-/m1/s1. The van der Waals surface area contributed by atoms with Gasteiger partial charge in [-0.1, -0.05) is 35.5 Å². The molecule has 1 N–H and O–H groups in total. The van der Waals surface area contributed by atoms with Crippen LogP contribution in [-0.2, 0) is 13.0 Å². The minimum Gasteiger partial charge on any atom is -0.364 e. The fourth-order valence-electron chi connectivity index (χ4n) is 3.30. The van der Waals surface area contributed by atoms with Crippen LogP contribution in [0, 0.1) is 0 Å². The van der Waals surface area contributed by atoms with E-state index in [2.05, 4.69) is 44.3 Å². The first-order valence-corrected chi connectivity index (χ1v) is 8.11. The van der Waals surface area contributed by atoms with E-state index >= 15 is 0 Å². The highest BCUT2D eigenvalue weighted by molar-refractivity contribution is 5.18. The number of aromatic nitrogens is 3. The van der Waals surface area contributed by atoms with Gasteiger partial charge in [0.2, 0.25) is 5.89 Å². The Labute approximate surface area is 135 Å². The predicted octanol–water partition coefficient (Wildman–Crippen LogP) is 3.33. The topological polar surface area (TPSA) is 58.0 Å². The zero-order valence-electron chi connectivity index (χ0n) is 13.0. The van der Waals surface area contributed by atoms with Gasteiger partial charge in [-0.05, 0) is 37.1 Å². The lowest BCUT2D eigenvalue weighted by Gasteiger charge is -2.21. The van der Waals surface area contributed by atoms with Crippen LogP contribution < -0.4 is 0 Å². The summed E-state index contributed by atoms with van der Waals surface area (Å²) in [5, 5.41) is 4.12. The Morgan fingerprint density at radius 1 is 1.17 bits per heavy atom. The van der Waals surface area contributed by atoms with Crippen molar-refractivity contribution < 1.29 is 4.52 Å². The van der Waals surface area contributed by atoms with Gasteiger partial charge in [-0.2, -0.15) is 4.98 Å². The molecular weight excluding hydrogens is 288 g/mol. The third kappa shape index (κ3) is 3.19. The smallest absolute Gasteiger partial charge is 0.240 e. The van der Waals surface area contributed by atoms with Crippen molar-refractivity contribution in [3.63, 3.8) is 0 Å². The molecule has 5 heteroatoms. The van der Waals surface area contributed by atoms with E-state index in [0.717, 1.165) is 12.4 Å². The average Bonchev–Trinajstić information content (AvgIpc) is 3.30. The molecule has 23 heavy (non-hydrogen) atoms. The monoisotopic (exact) mass is 308 g/mol. The number of H-pyrrole nitrogens is 1. The molecule has 4 rings (SSSR count). The molecule has 1 fully saturated rings. The van der Waals surface area contributed by atoms with Crippen molar-refractivity contribution in [3.8, 4) is 0 Å². The molecule has 1 saturated heterocycles. The Hall–Kier alpha value is -2.40. The lowest BCUT2D eigenvalue weighted by atomic mass is 10.1. The zero-order chi connectivity index (χ0) is 15.5. The molecule has 1 aliphatic rings. The van der Waals surface area contributed by atoms with E-state index in [4.69, 9.17) is 4.52 Å². The molecule has 1 aromatic carbocycles. The molecule has 3 heterocycles. The summed E-state index contributed by atoms with van der Waals surface area (Å²) in [5.41, 5.74) is 2.47. The summed E-state index contributed by atoms with van der Waals surface area (Å²) in [7, 11) is 0. The van der Waals surface area contributed by atoms with Crippen LogP contribution in [0.1, 0.15) is 41.9 Å². The van der Waals surface area contributed by atoms with Crippen LogP contribution in [0.5, 0.6) is 0 Å². The van der Waals surface area contributed by atoms with Gasteiger partial charge >= 0.3 is 0 Å². The van der Waals surface area contributed by atoms with E-state index in [1.54, 1.807) is 0 Å². The fourth-order valence-corrected chi connectivity index (χ4v) is 3.30. The second-order valence-corrected chi connectivity index (χ2v) is 6.02. The molecule has 0 spiro atoms. The van der Waals surface area contributed by atoms with Crippen LogP contribution in [-0.4, -0.2) is 26.6 Å². The van der Waals surface area contributed by atoms with Crippen LogP contribution in [0.15, 0.2) is 53.2 Å². The lowest BCUT2D eigenvalue weighted by molar-refractivity contribution is 0.210. The maximum Gasteiger partial charge on any atom is 0.240 e. The maximum atomic E-state index is 5.45. The summed E-state index contributed by atoms with van der Waals surface area (Å²) in [4.78, 5) is 10.3. The van der Waals surface area contributed by atoms with E-state index in [0.29, 0.717) is 24.9 Å². The van der Waals surface area contributed by atoms with E-state index in [-0.39, 0.29) is 0 Å². The molecule has 0 amide bonds. The van der Waals surface area contributed by atoms with Gasteiger partial charge in [-0.25, -0.2) is 0 Å². The second-order valence-electron chi connectivity index (χ2n) is 6.02. The Morgan fingerprint density at radius 2 is 2.09 bits per heavy atom. The lowest BCUT2D eigenvalue weighted by Crippen LogP contribution is -2.23. The highest BCUT2D eigenvalue weighted by Gasteiger charge is 2.28. The number of hydrogen-bond acceptors (Lipinski definition) is 4. The van der Waals surface area contributed by atoms with Crippen molar-refractivity contribution in [1.82, 2.24) is 20.0 Å². The van der Waals surface area contributed by atoms with E-state index in [1.807, 2.05) is 24.4 Å². The fraction of sp³-hybridized carbons (Fsp3) is 0.333. The summed E-state index contributed by atoms with van der Waals surface area (Å²) in [5.74, 6) is 1.45. The molecule has 2 aromatic heterocycles. The second kappa shape index (κ2) is 6.38. The van der Waals surface area contributed by atoms with Gasteiger partial charge in [0.1, 0.15) is 0 Å². The van der Waals surface area contributed by atoms with Gasteiger partial charge in [-0.3, -0.25) is 4.90 Å². The van der Waals surface area contributed by atoms with Crippen molar-refractivity contribution in [2.75, 3.05) is 6.54 Å². The molecule has 118 valence electrons. The van der Waals surface area contributed by atoms with Crippen LogP contribution in [0.2, 0.25) is 0 Å². The molecular formula is C18H20N4O. The Morgan fingerprint density at radius 3 is 2.91 bits per heavy atom. The number of hydrogen-bond donors (Lipinski definition) is 1. The first kappa shape index (κ1) is 14.2. The summed E-state index contributed by atoms with van der Waals surface area (Å²) in [6, 6.07) is 14.9. The molecule has 0 saturated carbocycles. The van der Waals surface area contributed by atoms with Crippen molar-refractivity contribution in [2.45, 2.75) is 31.8 Å². The van der Waals surface area contributed by atoms with E-state index in [1.165, 1.54) is 24.1 Å². The molecule has 0 radical (unpaired) electrons. The summed E-state index contributed by atoms with van der Waals surface area (Å²) < 4.78 is 5.45. The Bertz CT molecular complexity index is 735. The zero-order valence-corrected chi connectivity index (χ0v) is 13.0. The van der Waals surface area contributed by atoms with Crippen molar-refractivity contribution in [2.24, 2.45) is 0 Å². The number of likely N-dealkylation sites (tertiary alicyclic amines) is 1. The van der Waals surface area contributed by atoms with Crippen molar-refractivity contribution in [3.05, 3.63) is 71.6 Å². The number of aromatic amines is 1. The quantitative estimate of drug-likeness (QED) is 0.785. The molecule has 0 aliphatic carbocycles. The van der Waals surface area contributed by atoms with Gasteiger partial charge in [0, 0.05) is 18.3 Å². The highest BCUT2D eigenvalue weighted by atomic mass is 16.5. The number of nitrogens with zero attached hydrogens (tertiary/aromatic N) is 3. The normalized spacial score (nSPS) is 18.5. The molecule has 3 aromatic rings. The largest absolute Gasteiger partial charge is 0.364 e. The maximum absolute atomic E-state index is 5.45. The Balaban J connectivity index is 1.43.